The molecule has 27 heteroatoms. The van der Waals surface area contributed by atoms with Crippen molar-refractivity contribution in [3.8, 4) is 0 Å². The maximum absolute atomic E-state index is 11.6. The summed E-state index contributed by atoms with van der Waals surface area (Å²) in [6.45, 7) is 13.5. The van der Waals surface area contributed by atoms with Gasteiger partial charge in [0.1, 0.15) is 0 Å². The van der Waals surface area contributed by atoms with E-state index in [0.717, 1.165) is 7.11 Å². The van der Waals surface area contributed by atoms with Crippen molar-refractivity contribution in [2.24, 2.45) is 0 Å². The second kappa shape index (κ2) is 57.8. The molecule has 0 rings (SSSR count). The summed E-state index contributed by atoms with van der Waals surface area (Å²) >= 11 is 5.29. The molecule has 0 radical (unpaired) electrons. The summed E-state index contributed by atoms with van der Waals surface area (Å²) in [6.07, 6.45) is -3.82. The molecule has 0 spiro atoms. The van der Waals surface area contributed by atoms with Crippen LogP contribution in [-0.4, -0.2) is 141 Å². The van der Waals surface area contributed by atoms with Crippen molar-refractivity contribution >= 4 is 66.1 Å². The number of nitrogens with zero attached hydrogens (tertiary/aromatic N) is 2. The van der Waals surface area contributed by atoms with E-state index >= 15 is 0 Å². The Morgan fingerprint density at radius 1 is 0.741 bits per heavy atom. The number of carboxylic acid groups (broad SMARTS) is 1. The minimum absolute atomic E-state index is 0. The van der Waals surface area contributed by atoms with Crippen molar-refractivity contribution < 1.29 is 289 Å². The number of ether oxygens (including phenoxy) is 7. The molecule has 0 aromatic heterocycles. The normalized spacial score (nSPS) is 9.67. The number of hydrogen-bond acceptors (Lipinski definition) is 18. The number of alkyl halides is 2. The molecule has 2 unspecified atom stereocenters. The van der Waals surface area contributed by atoms with Gasteiger partial charge in [0.25, 0.3) is 18.3 Å². The van der Waals surface area contributed by atoms with E-state index in [0.29, 0.717) is 32.8 Å². The van der Waals surface area contributed by atoms with Crippen LogP contribution in [0, 0.1) is 0 Å². The molecule has 58 heavy (non-hydrogen) atoms. The Bertz CT molecular complexity index is 1120. The number of methoxy groups -OCH3 is 1. The maximum atomic E-state index is 11.6. The second-order valence-corrected chi connectivity index (χ2v) is 9.63. The smallest absolute Gasteiger partial charge is 1.00 e. The Balaban J connectivity index is -0.0000000864. The largest absolute Gasteiger partial charge is 1.00 e. The van der Waals surface area contributed by atoms with Crippen LogP contribution in [0.25, 0.3) is 0 Å². The molecule has 0 fully saturated rings. The van der Waals surface area contributed by atoms with Crippen LogP contribution in [-0.2, 0) is 71.6 Å². The van der Waals surface area contributed by atoms with Crippen LogP contribution in [0.5, 0.6) is 0 Å². The van der Waals surface area contributed by atoms with E-state index in [9.17, 15) is 42.7 Å². The van der Waals surface area contributed by atoms with Gasteiger partial charge < -0.3 is 82.2 Å². The first-order chi connectivity index (χ1) is 25.8. The molecule has 0 bridgehead atoms. The van der Waals surface area contributed by atoms with E-state index in [2.05, 4.69) is 28.6 Å². The number of likely N-dealkylation sites (N-methyl/N-ethyl adjacent to an activating group) is 2. The number of rotatable bonds is 19. The monoisotopic (exact) mass is 1230 g/mol. The fourth-order valence-electron chi connectivity index (χ4n) is 2.91. The molecular formula is C31H53ClCs2FIN2NaO19+. The zero-order chi connectivity index (χ0) is 43.8. The Morgan fingerprint density at radius 3 is 1.40 bits per heavy atom. The van der Waals surface area contributed by atoms with Crippen LogP contribution in [0.2, 0.25) is 0 Å². The summed E-state index contributed by atoms with van der Waals surface area (Å²) in [5, 5.41) is 16.8. The van der Waals surface area contributed by atoms with Gasteiger partial charge in [0.15, 0.2) is 18.8 Å². The van der Waals surface area contributed by atoms with Crippen LogP contribution >= 0.6 is 11.6 Å². The number of halogens is 3. The third-order valence-electron chi connectivity index (χ3n) is 5.31. The van der Waals surface area contributed by atoms with Crippen LogP contribution in [0.4, 0.5) is 14.0 Å². The van der Waals surface area contributed by atoms with Gasteiger partial charge in [-0.05, 0) is 41.5 Å². The molecule has 0 aliphatic carbocycles. The fraction of sp³-hybridized carbons (Fsp3) is 0.710. The minimum Gasteiger partial charge on any atom is -1.00 e. The second-order valence-electron chi connectivity index (χ2n) is 9.01. The van der Waals surface area contributed by atoms with Gasteiger partial charge >= 0.3 is 204 Å². The van der Waals surface area contributed by atoms with Gasteiger partial charge in [-0.3, -0.25) is 38.0 Å². The Kier molecular flexibility index (Phi) is 76.0. The number of carbonyl (C=O) groups excluding carboxylic acids is 8. The van der Waals surface area contributed by atoms with Crippen molar-refractivity contribution in [3.05, 3.63) is 0 Å². The first-order valence-corrected chi connectivity index (χ1v) is 16.4. The summed E-state index contributed by atoms with van der Waals surface area (Å²) in [6, 6.07) is 0. The SMILES string of the molecule is CCN(CC)C(=O)COC(=O)CCC(=O)O.CCN(CC)C(=O)COC(=O)CCC(=O)OC(C)OC(=O)OC.CCOC(=O)OC(C)Cl.O=CO[O-].[2H]CF.[Cs+].[Cs+].[I-].[Na+]. The number of hydrogen-bond donors (Lipinski definition) is 1. The molecule has 0 heterocycles. The van der Waals surface area contributed by atoms with Crippen LogP contribution < -0.4 is 197 Å². The molecule has 0 aromatic rings. The van der Waals surface area contributed by atoms with Crippen molar-refractivity contribution in [2.45, 2.75) is 86.0 Å². The zero-order valence-electron chi connectivity index (χ0n) is 36.0. The summed E-state index contributed by atoms with van der Waals surface area (Å²) in [7, 11) is 0.117. The molecule has 2 atom stereocenters. The maximum Gasteiger partial charge on any atom is 1.00 e. The summed E-state index contributed by atoms with van der Waals surface area (Å²) in [4.78, 5) is 102. The van der Waals surface area contributed by atoms with Gasteiger partial charge in [-0.2, -0.15) is 0 Å². The third-order valence-corrected chi connectivity index (χ3v) is 5.40. The van der Waals surface area contributed by atoms with E-state index in [-0.39, 0.29) is 249 Å². The number of esters is 3. The first-order valence-electron chi connectivity index (χ1n) is 16.6. The number of carboxylic acids is 1. The fourth-order valence-corrected chi connectivity index (χ4v) is 2.99. The van der Waals surface area contributed by atoms with Crippen molar-refractivity contribution in [2.75, 3.05) is 60.3 Å². The molecule has 0 saturated carbocycles. The molecule has 0 aromatic carbocycles. The summed E-state index contributed by atoms with van der Waals surface area (Å²) in [5.41, 5.74) is -0.621. The van der Waals surface area contributed by atoms with Gasteiger partial charge in [0, 0.05) is 33.1 Å². The topological polar surface area (TPSA) is 277 Å². The van der Waals surface area contributed by atoms with Gasteiger partial charge in [-0.15, -0.1) is 0 Å². The third kappa shape index (κ3) is 58.9. The molecule has 21 nitrogen and oxygen atoms in total. The predicted octanol–water partition coefficient (Wildman–Crippen LogP) is -10.1. The Labute approximate surface area is 501 Å². The van der Waals surface area contributed by atoms with Crippen molar-refractivity contribution in [1.29, 1.82) is 0 Å². The van der Waals surface area contributed by atoms with Crippen molar-refractivity contribution in [3.63, 3.8) is 0 Å². The molecule has 0 aliphatic rings. The van der Waals surface area contributed by atoms with Crippen molar-refractivity contribution in [1.82, 2.24) is 9.80 Å². The number of carbonyl (C=O) groups is 9. The van der Waals surface area contributed by atoms with Gasteiger partial charge in [0.05, 0.1) is 47.9 Å². The van der Waals surface area contributed by atoms with Gasteiger partial charge in [0.2, 0.25) is 6.29 Å². The first kappa shape index (κ1) is 76.2. The van der Waals surface area contributed by atoms with Crippen LogP contribution in [0.1, 0.15) is 75.5 Å². The van der Waals surface area contributed by atoms with Crippen LogP contribution in [0.3, 0.4) is 0 Å². The predicted molar refractivity (Wildman–Crippen MR) is 181 cm³/mol. The summed E-state index contributed by atoms with van der Waals surface area (Å²) in [5.74, 6) is -3.73. The van der Waals surface area contributed by atoms with E-state index in [4.69, 9.17) is 37.6 Å². The van der Waals surface area contributed by atoms with E-state index in [1.165, 1.54) is 16.7 Å². The van der Waals surface area contributed by atoms with Crippen LogP contribution in [0.15, 0.2) is 0 Å². The molecule has 0 saturated heterocycles. The average Bonchev–Trinajstić information content (AvgIpc) is 3.13. The summed E-state index contributed by atoms with van der Waals surface area (Å²) < 4.78 is 47.2. The number of aliphatic carboxylic acids is 1. The molecule has 324 valence electrons. The standard InChI is InChI=1S/C14H23NO8.C10H17NO5.C5H9ClO3.CH3F.CH2O3.2Cs.HI.Na/c1-5-15(6-2)11(16)9-21-12(17)7-8-13(18)22-10(3)23-14(19)20-4;1-3-11(4-2)8(12)7-16-10(15)6-5-9(13)14;1-3-8-5(7)9-4(2)6;1-2;2-1-4-3;;;;/h10H,5-9H2,1-4H3;3-7H2,1-2H3,(H,13,14);4H,3H2,1-2H3;1H3;1,3H;;;1H;/q;;;;;2*+1;;+1/p-2/i;;;1D;;;;;. The van der Waals surface area contributed by atoms with E-state index in [1.54, 1.807) is 13.8 Å². The molecular weight excluding hydrogens is 1170 g/mol. The number of amides is 2. The van der Waals surface area contributed by atoms with Gasteiger partial charge in [-0.25, -0.2) is 9.59 Å². The van der Waals surface area contributed by atoms with E-state index in [1.807, 2.05) is 27.7 Å². The van der Waals surface area contributed by atoms with E-state index < -0.39 is 55.2 Å². The minimum atomic E-state index is -1.13. The molecule has 1 N–H and O–H groups in total. The Morgan fingerprint density at radius 2 is 1.10 bits per heavy atom. The quantitative estimate of drug-likeness (QED) is 0.0145. The zero-order valence-corrected chi connectivity index (χ0v) is 52.5. The van der Waals surface area contributed by atoms with Gasteiger partial charge in [-0.1, -0.05) is 11.6 Å². The average molecular weight is 1230 g/mol. The molecule has 2 amide bonds. The Hall–Kier alpha value is 0.844. The molecule has 0 aliphatic heterocycles.